The first-order valence-electron chi connectivity index (χ1n) is 7.61. The zero-order valence-electron chi connectivity index (χ0n) is 11.9. The summed E-state index contributed by atoms with van der Waals surface area (Å²) >= 11 is 0. The van der Waals surface area contributed by atoms with E-state index in [1.807, 2.05) is 0 Å². The second-order valence-electron chi connectivity index (χ2n) is 5.54. The van der Waals surface area contributed by atoms with E-state index in [0.717, 1.165) is 32.2 Å². The van der Waals surface area contributed by atoms with Crippen molar-refractivity contribution >= 4 is 0 Å². The average Bonchev–Trinajstić information content (AvgIpc) is 2.45. The van der Waals surface area contributed by atoms with E-state index in [-0.39, 0.29) is 0 Å². The fourth-order valence-corrected chi connectivity index (χ4v) is 2.92. The Morgan fingerprint density at radius 3 is 2.61 bits per heavy atom. The fraction of sp³-hybridized carbons (Fsp3) is 1.00. The number of piperidine rings is 1. The van der Waals surface area contributed by atoms with Crippen LogP contribution in [-0.2, 0) is 4.74 Å². The molecular weight excluding hydrogens is 226 g/mol. The lowest BCUT2D eigenvalue weighted by Crippen LogP contribution is -2.43. The molecule has 0 bridgehead atoms. The number of likely N-dealkylation sites (N-methyl/N-ethyl adjacent to an activating group) is 1. The third-order valence-electron chi connectivity index (χ3n) is 4.26. The SMILES string of the molecule is CCN(CCN1CCOCC1)CC1CCNCC1. The van der Waals surface area contributed by atoms with Gasteiger partial charge in [-0.25, -0.2) is 0 Å². The van der Waals surface area contributed by atoms with Crippen molar-refractivity contribution in [3.05, 3.63) is 0 Å². The van der Waals surface area contributed by atoms with Gasteiger partial charge in [0.15, 0.2) is 0 Å². The lowest BCUT2D eigenvalue weighted by Gasteiger charge is -2.32. The van der Waals surface area contributed by atoms with E-state index in [0.29, 0.717) is 0 Å². The molecule has 0 aromatic rings. The van der Waals surface area contributed by atoms with E-state index in [1.165, 1.54) is 52.1 Å². The van der Waals surface area contributed by atoms with Gasteiger partial charge in [-0.3, -0.25) is 4.90 Å². The second kappa shape index (κ2) is 8.10. The largest absolute Gasteiger partial charge is 0.379 e. The highest BCUT2D eigenvalue weighted by molar-refractivity contribution is 4.73. The molecule has 4 nitrogen and oxygen atoms in total. The van der Waals surface area contributed by atoms with Crippen LogP contribution in [0, 0.1) is 5.92 Å². The molecule has 2 aliphatic rings. The standard InChI is InChI=1S/C14H29N3O/c1-2-16(13-14-3-5-15-6-4-14)7-8-17-9-11-18-12-10-17/h14-15H,2-13H2,1H3. The number of nitrogens with one attached hydrogen (secondary N) is 1. The maximum Gasteiger partial charge on any atom is 0.0594 e. The topological polar surface area (TPSA) is 27.7 Å². The molecule has 106 valence electrons. The minimum atomic E-state index is 0.913. The van der Waals surface area contributed by atoms with E-state index >= 15 is 0 Å². The predicted molar refractivity (Wildman–Crippen MR) is 75.0 cm³/mol. The molecule has 0 spiro atoms. The van der Waals surface area contributed by atoms with E-state index in [1.54, 1.807) is 0 Å². The van der Waals surface area contributed by atoms with E-state index in [4.69, 9.17) is 4.74 Å². The van der Waals surface area contributed by atoms with Gasteiger partial charge in [0, 0.05) is 32.7 Å². The Morgan fingerprint density at radius 2 is 1.94 bits per heavy atom. The van der Waals surface area contributed by atoms with Crippen molar-refractivity contribution in [3.8, 4) is 0 Å². The number of hydrogen-bond donors (Lipinski definition) is 1. The maximum atomic E-state index is 5.39. The van der Waals surface area contributed by atoms with Crippen LogP contribution < -0.4 is 5.32 Å². The molecule has 0 aromatic heterocycles. The Morgan fingerprint density at radius 1 is 1.22 bits per heavy atom. The van der Waals surface area contributed by atoms with Crippen LogP contribution in [0.5, 0.6) is 0 Å². The summed E-state index contributed by atoms with van der Waals surface area (Å²) in [6, 6.07) is 0. The molecule has 2 saturated heterocycles. The van der Waals surface area contributed by atoms with Gasteiger partial charge in [0.2, 0.25) is 0 Å². The molecule has 2 rings (SSSR count). The molecule has 0 aromatic carbocycles. The molecule has 18 heavy (non-hydrogen) atoms. The third-order valence-corrected chi connectivity index (χ3v) is 4.26. The molecule has 4 heteroatoms. The summed E-state index contributed by atoms with van der Waals surface area (Å²) < 4.78 is 5.39. The van der Waals surface area contributed by atoms with E-state index < -0.39 is 0 Å². The van der Waals surface area contributed by atoms with Crippen LogP contribution in [0.3, 0.4) is 0 Å². The summed E-state index contributed by atoms with van der Waals surface area (Å²) in [5.74, 6) is 0.913. The van der Waals surface area contributed by atoms with Crippen molar-refractivity contribution in [3.63, 3.8) is 0 Å². The normalized spacial score (nSPS) is 23.7. The summed E-state index contributed by atoms with van der Waals surface area (Å²) in [5, 5.41) is 3.45. The minimum Gasteiger partial charge on any atom is -0.379 e. The molecule has 0 saturated carbocycles. The monoisotopic (exact) mass is 255 g/mol. The Kier molecular flexibility index (Phi) is 6.41. The van der Waals surface area contributed by atoms with Gasteiger partial charge in [0.1, 0.15) is 0 Å². The average molecular weight is 255 g/mol. The van der Waals surface area contributed by atoms with Crippen LogP contribution in [0.1, 0.15) is 19.8 Å². The van der Waals surface area contributed by atoms with Crippen molar-refractivity contribution < 1.29 is 4.74 Å². The molecule has 2 heterocycles. The molecule has 0 aliphatic carbocycles. The smallest absolute Gasteiger partial charge is 0.0594 e. The Balaban J connectivity index is 1.64. The van der Waals surface area contributed by atoms with Crippen LogP contribution in [0.25, 0.3) is 0 Å². The fourth-order valence-electron chi connectivity index (χ4n) is 2.92. The lowest BCUT2D eigenvalue weighted by molar-refractivity contribution is 0.0326. The molecule has 0 atom stereocenters. The van der Waals surface area contributed by atoms with Gasteiger partial charge in [0.25, 0.3) is 0 Å². The van der Waals surface area contributed by atoms with Crippen LogP contribution in [0.15, 0.2) is 0 Å². The number of hydrogen-bond acceptors (Lipinski definition) is 4. The van der Waals surface area contributed by atoms with Gasteiger partial charge in [-0.2, -0.15) is 0 Å². The van der Waals surface area contributed by atoms with Crippen molar-refractivity contribution in [2.45, 2.75) is 19.8 Å². The Hall–Kier alpha value is -0.160. The van der Waals surface area contributed by atoms with Crippen molar-refractivity contribution in [1.29, 1.82) is 0 Å². The third kappa shape index (κ3) is 4.84. The molecule has 0 amide bonds. The van der Waals surface area contributed by atoms with E-state index in [9.17, 15) is 0 Å². The summed E-state index contributed by atoms with van der Waals surface area (Å²) in [6.45, 7) is 13.7. The maximum absolute atomic E-state index is 5.39. The summed E-state index contributed by atoms with van der Waals surface area (Å²) in [4.78, 5) is 5.17. The van der Waals surface area contributed by atoms with Crippen LogP contribution in [0.2, 0.25) is 0 Å². The van der Waals surface area contributed by atoms with Gasteiger partial charge in [-0.05, 0) is 38.4 Å². The van der Waals surface area contributed by atoms with Crippen LogP contribution in [-0.4, -0.2) is 75.4 Å². The van der Waals surface area contributed by atoms with E-state index in [2.05, 4.69) is 22.0 Å². The molecule has 0 unspecified atom stereocenters. The second-order valence-corrected chi connectivity index (χ2v) is 5.54. The molecular formula is C14H29N3O. The number of rotatable bonds is 6. The number of morpholine rings is 1. The summed E-state index contributed by atoms with van der Waals surface area (Å²) in [7, 11) is 0. The van der Waals surface area contributed by atoms with Crippen LogP contribution >= 0.6 is 0 Å². The van der Waals surface area contributed by atoms with Crippen LogP contribution in [0.4, 0.5) is 0 Å². The van der Waals surface area contributed by atoms with Crippen molar-refractivity contribution in [2.75, 3.05) is 65.6 Å². The number of ether oxygens (including phenoxy) is 1. The van der Waals surface area contributed by atoms with Gasteiger partial charge in [0.05, 0.1) is 13.2 Å². The first-order chi connectivity index (χ1) is 8.88. The highest BCUT2D eigenvalue weighted by Gasteiger charge is 2.17. The Bertz CT molecular complexity index is 213. The summed E-state index contributed by atoms with van der Waals surface area (Å²) in [6.07, 6.45) is 2.71. The highest BCUT2D eigenvalue weighted by Crippen LogP contribution is 2.13. The van der Waals surface area contributed by atoms with Gasteiger partial charge >= 0.3 is 0 Å². The van der Waals surface area contributed by atoms with Gasteiger partial charge < -0.3 is 15.0 Å². The zero-order chi connectivity index (χ0) is 12.6. The van der Waals surface area contributed by atoms with Crippen molar-refractivity contribution in [2.24, 2.45) is 5.92 Å². The molecule has 0 radical (unpaired) electrons. The lowest BCUT2D eigenvalue weighted by atomic mass is 9.97. The zero-order valence-corrected chi connectivity index (χ0v) is 11.9. The highest BCUT2D eigenvalue weighted by atomic mass is 16.5. The van der Waals surface area contributed by atoms with Gasteiger partial charge in [-0.1, -0.05) is 6.92 Å². The molecule has 2 aliphatic heterocycles. The summed E-state index contributed by atoms with van der Waals surface area (Å²) in [5.41, 5.74) is 0. The minimum absolute atomic E-state index is 0.913. The quantitative estimate of drug-likeness (QED) is 0.754. The van der Waals surface area contributed by atoms with Gasteiger partial charge in [-0.15, -0.1) is 0 Å². The first kappa shape index (κ1) is 14.3. The van der Waals surface area contributed by atoms with Crippen molar-refractivity contribution in [1.82, 2.24) is 15.1 Å². The Labute approximate surface area is 112 Å². The molecule has 1 N–H and O–H groups in total. The molecule has 2 fully saturated rings. The first-order valence-corrected chi connectivity index (χ1v) is 7.61. The predicted octanol–water partition coefficient (Wildman–Crippen LogP) is 0.640. The number of nitrogens with zero attached hydrogens (tertiary/aromatic N) is 2.